The summed E-state index contributed by atoms with van der Waals surface area (Å²) in [5.41, 5.74) is 1.77. The Bertz CT molecular complexity index is 744. The Kier molecular flexibility index (Phi) is 5.43. The third-order valence-electron chi connectivity index (χ3n) is 4.38. The summed E-state index contributed by atoms with van der Waals surface area (Å²) in [5.74, 6) is 0.542. The lowest BCUT2D eigenvalue weighted by molar-refractivity contribution is -0.130. The first-order chi connectivity index (χ1) is 12.1. The quantitative estimate of drug-likeness (QED) is 0.836. The molecule has 2 aromatic rings. The lowest BCUT2D eigenvalue weighted by Crippen LogP contribution is -2.49. The van der Waals surface area contributed by atoms with Gasteiger partial charge in [0.1, 0.15) is 11.6 Å². The van der Waals surface area contributed by atoms with Crippen LogP contribution >= 0.6 is 11.6 Å². The van der Waals surface area contributed by atoms with Crippen molar-refractivity contribution >= 4 is 23.2 Å². The first-order valence-electron chi connectivity index (χ1n) is 8.17. The summed E-state index contributed by atoms with van der Waals surface area (Å²) in [6, 6.07) is 11.6. The number of ether oxygens (including phenoxy) is 1. The van der Waals surface area contributed by atoms with Crippen molar-refractivity contribution in [3.8, 4) is 5.75 Å². The molecule has 0 radical (unpaired) electrons. The van der Waals surface area contributed by atoms with Gasteiger partial charge in [0.05, 0.1) is 19.2 Å². The molecule has 3 rings (SSSR count). The van der Waals surface area contributed by atoms with Gasteiger partial charge >= 0.3 is 0 Å². The summed E-state index contributed by atoms with van der Waals surface area (Å²) < 4.78 is 18.4. The van der Waals surface area contributed by atoms with Crippen molar-refractivity contribution in [1.82, 2.24) is 4.90 Å². The van der Waals surface area contributed by atoms with E-state index in [4.69, 9.17) is 16.3 Å². The average Bonchev–Trinajstić information content (AvgIpc) is 2.63. The van der Waals surface area contributed by atoms with E-state index in [1.165, 1.54) is 12.1 Å². The largest absolute Gasteiger partial charge is 0.495 e. The summed E-state index contributed by atoms with van der Waals surface area (Å²) in [7, 11) is 1.63. The first-order valence-corrected chi connectivity index (χ1v) is 8.55. The van der Waals surface area contributed by atoms with Gasteiger partial charge in [-0.2, -0.15) is 0 Å². The molecular weight excluding hydrogens is 343 g/mol. The molecule has 0 aliphatic carbocycles. The van der Waals surface area contributed by atoms with E-state index >= 15 is 0 Å². The van der Waals surface area contributed by atoms with Crippen LogP contribution in [0.1, 0.15) is 5.56 Å². The van der Waals surface area contributed by atoms with Crippen LogP contribution in [0, 0.1) is 5.82 Å². The Morgan fingerprint density at radius 1 is 1.12 bits per heavy atom. The molecular formula is C19H20ClFN2O2. The molecule has 4 nitrogen and oxygen atoms in total. The van der Waals surface area contributed by atoms with Crippen molar-refractivity contribution in [2.45, 2.75) is 6.42 Å². The molecule has 6 heteroatoms. The predicted octanol–water partition coefficient (Wildman–Crippen LogP) is 3.38. The number of anilines is 1. The number of piperazine rings is 1. The molecule has 0 saturated carbocycles. The second-order valence-corrected chi connectivity index (χ2v) is 6.42. The number of amides is 1. The summed E-state index contributed by atoms with van der Waals surface area (Å²) >= 11 is 6.10. The zero-order valence-corrected chi connectivity index (χ0v) is 14.8. The lowest BCUT2D eigenvalue weighted by atomic mass is 10.1. The fraction of sp³-hybridized carbons (Fsp3) is 0.316. The Labute approximate surface area is 151 Å². The molecule has 0 N–H and O–H groups in total. The highest BCUT2D eigenvalue weighted by atomic mass is 35.5. The summed E-state index contributed by atoms with van der Waals surface area (Å²) in [6.45, 7) is 2.70. The highest BCUT2D eigenvalue weighted by molar-refractivity contribution is 6.30. The zero-order valence-electron chi connectivity index (χ0n) is 14.0. The van der Waals surface area contributed by atoms with Crippen molar-refractivity contribution in [1.29, 1.82) is 0 Å². The molecule has 0 atom stereocenters. The molecule has 1 aliphatic rings. The normalized spacial score (nSPS) is 14.5. The molecule has 1 saturated heterocycles. The van der Waals surface area contributed by atoms with Gasteiger partial charge in [0.15, 0.2) is 0 Å². The van der Waals surface area contributed by atoms with Crippen LogP contribution in [0.2, 0.25) is 5.02 Å². The molecule has 0 spiro atoms. The second-order valence-electron chi connectivity index (χ2n) is 5.99. The highest BCUT2D eigenvalue weighted by Crippen LogP contribution is 2.31. The molecule has 25 heavy (non-hydrogen) atoms. The van der Waals surface area contributed by atoms with Crippen molar-refractivity contribution in [2.75, 3.05) is 38.2 Å². The van der Waals surface area contributed by atoms with Gasteiger partial charge in [-0.15, -0.1) is 0 Å². The number of hydrogen-bond acceptors (Lipinski definition) is 3. The van der Waals surface area contributed by atoms with Crippen LogP contribution in [0.5, 0.6) is 5.75 Å². The van der Waals surface area contributed by atoms with Crippen LogP contribution < -0.4 is 9.64 Å². The van der Waals surface area contributed by atoms with Crippen LogP contribution in [-0.2, 0) is 11.2 Å². The number of rotatable bonds is 4. The summed E-state index contributed by atoms with van der Waals surface area (Å²) in [4.78, 5) is 16.5. The number of hydrogen-bond donors (Lipinski definition) is 0. The molecule has 2 aromatic carbocycles. The third-order valence-corrected chi connectivity index (χ3v) is 4.62. The minimum atomic E-state index is -0.291. The van der Waals surface area contributed by atoms with Crippen LogP contribution in [0.4, 0.5) is 10.1 Å². The van der Waals surface area contributed by atoms with Crippen molar-refractivity contribution < 1.29 is 13.9 Å². The van der Waals surface area contributed by atoms with E-state index in [0.717, 1.165) is 17.0 Å². The zero-order chi connectivity index (χ0) is 17.8. The fourth-order valence-electron chi connectivity index (χ4n) is 3.00. The Balaban J connectivity index is 1.61. The molecule has 1 fully saturated rings. The summed E-state index contributed by atoms with van der Waals surface area (Å²) in [6.07, 6.45) is 0.292. The number of benzene rings is 2. The number of nitrogens with zero attached hydrogens (tertiary/aromatic N) is 2. The molecule has 1 amide bonds. The van der Waals surface area contributed by atoms with Crippen molar-refractivity contribution in [3.63, 3.8) is 0 Å². The maximum atomic E-state index is 13.0. The standard InChI is InChI=1S/C19H20ClFN2O2/c1-25-18-7-4-15(20)13-17(18)22-8-10-23(11-9-22)19(24)12-14-2-5-16(21)6-3-14/h2-7,13H,8-12H2,1H3. The topological polar surface area (TPSA) is 32.8 Å². The third kappa shape index (κ3) is 4.23. The van der Waals surface area contributed by atoms with Crippen LogP contribution in [0.25, 0.3) is 0 Å². The fourth-order valence-corrected chi connectivity index (χ4v) is 3.16. The van der Waals surface area contributed by atoms with E-state index in [9.17, 15) is 9.18 Å². The average molecular weight is 363 g/mol. The van der Waals surface area contributed by atoms with Gasteiger partial charge in [-0.3, -0.25) is 4.79 Å². The van der Waals surface area contributed by atoms with Crippen LogP contribution in [-0.4, -0.2) is 44.1 Å². The van der Waals surface area contributed by atoms with Gasteiger partial charge < -0.3 is 14.5 Å². The monoisotopic (exact) mass is 362 g/mol. The molecule has 0 unspecified atom stereocenters. The maximum Gasteiger partial charge on any atom is 0.227 e. The maximum absolute atomic E-state index is 13.0. The minimum absolute atomic E-state index is 0.0596. The smallest absolute Gasteiger partial charge is 0.227 e. The van der Waals surface area contributed by atoms with Gasteiger partial charge in [-0.05, 0) is 35.9 Å². The molecule has 0 bridgehead atoms. The van der Waals surface area contributed by atoms with Gasteiger partial charge in [0.2, 0.25) is 5.91 Å². The number of halogens is 2. The lowest BCUT2D eigenvalue weighted by Gasteiger charge is -2.36. The van der Waals surface area contributed by atoms with E-state index in [0.29, 0.717) is 37.6 Å². The minimum Gasteiger partial charge on any atom is -0.495 e. The molecule has 1 aliphatic heterocycles. The summed E-state index contributed by atoms with van der Waals surface area (Å²) in [5, 5.41) is 0.658. The van der Waals surface area contributed by atoms with Crippen LogP contribution in [0.15, 0.2) is 42.5 Å². The van der Waals surface area contributed by atoms with Crippen molar-refractivity contribution in [2.24, 2.45) is 0 Å². The molecule has 1 heterocycles. The Morgan fingerprint density at radius 2 is 1.80 bits per heavy atom. The SMILES string of the molecule is COc1ccc(Cl)cc1N1CCN(C(=O)Cc2ccc(F)cc2)CC1. The second kappa shape index (κ2) is 7.74. The number of carbonyl (C=O) groups is 1. The Morgan fingerprint density at radius 3 is 2.44 bits per heavy atom. The first kappa shape index (κ1) is 17.5. The van der Waals surface area contributed by atoms with Gasteiger partial charge in [0.25, 0.3) is 0 Å². The molecule has 132 valence electrons. The predicted molar refractivity (Wildman–Crippen MR) is 96.9 cm³/mol. The van der Waals surface area contributed by atoms with E-state index < -0.39 is 0 Å². The number of carbonyl (C=O) groups excluding carboxylic acids is 1. The number of methoxy groups -OCH3 is 1. The van der Waals surface area contributed by atoms with E-state index in [1.54, 1.807) is 25.3 Å². The molecule has 0 aromatic heterocycles. The van der Waals surface area contributed by atoms with Crippen LogP contribution in [0.3, 0.4) is 0 Å². The van der Waals surface area contributed by atoms with Gasteiger partial charge in [-0.25, -0.2) is 4.39 Å². The van der Waals surface area contributed by atoms with Crippen molar-refractivity contribution in [3.05, 3.63) is 58.9 Å². The van der Waals surface area contributed by atoms with E-state index in [2.05, 4.69) is 4.90 Å². The van der Waals surface area contributed by atoms with E-state index in [-0.39, 0.29) is 11.7 Å². The van der Waals surface area contributed by atoms with E-state index in [1.807, 2.05) is 17.0 Å². The van der Waals surface area contributed by atoms with Gasteiger partial charge in [-0.1, -0.05) is 23.7 Å². The Hall–Kier alpha value is -2.27. The van der Waals surface area contributed by atoms with Gasteiger partial charge in [0, 0.05) is 31.2 Å². The highest BCUT2D eigenvalue weighted by Gasteiger charge is 2.23.